The second kappa shape index (κ2) is 5.94. The Morgan fingerprint density at radius 2 is 1.68 bits per heavy atom. The van der Waals surface area contributed by atoms with Gasteiger partial charge in [0.2, 0.25) is 0 Å². The molecule has 0 bridgehead atoms. The zero-order valence-corrected chi connectivity index (χ0v) is 13.5. The first-order valence-corrected chi connectivity index (χ1v) is 7.40. The van der Waals surface area contributed by atoms with Crippen LogP contribution in [-0.4, -0.2) is 14.2 Å². The van der Waals surface area contributed by atoms with Gasteiger partial charge in [-0.3, -0.25) is 0 Å². The molecule has 0 spiro atoms. The molecule has 0 aliphatic carbocycles. The number of benzene rings is 1. The van der Waals surface area contributed by atoms with E-state index in [0.29, 0.717) is 0 Å². The number of hydrogen-bond acceptors (Lipinski definition) is 4. The van der Waals surface area contributed by atoms with Crippen molar-refractivity contribution in [3.05, 3.63) is 44.1 Å². The maximum Gasteiger partial charge on any atom is 0.122 e. The summed E-state index contributed by atoms with van der Waals surface area (Å²) in [6, 6.07) is 7.64. The third-order valence-electron chi connectivity index (χ3n) is 2.92. The van der Waals surface area contributed by atoms with E-state index in [1.807, 2.05) is 18.2 Å². The Balaban J connectivity index is 2.39. The first-order chi connectivity index (χ1) is 9.05. The highest BCUT2D eigenvalue weighted by molar-refractivity contribution is 9.11. The van der Waals surface area contributed by atoms with Crippen molar-refractivity contribution in [3.63, 3.8) is 0 Å². The number of hydrogen-bond donors (Lipinski definition) is 1. The van der Waals surface area contributed by atoms with Crippen molar-refractivity contribution in [3.8, 4) is 11.5 Å². The molecule has 3 nitrogen and oxygen atoms in total. The maximum atomic E-state index is 6.32. The van der Waals surface area contributed by atoms with Gasteiger partial charge in [0.05, 0.1) is 24.0 Å². The molecule has 5 heteroatoms. The minimum Gasteiger partial charge on any atom is -0.497 e. The summed E-state index contributed by atoms with van der Waals surface area (Å²) in [5.74, 6) is 1.49. The normalized spacial score (nSPS) is 12.3. The van der Waals surface area contributed by atoms with Crippen LogP contribution in [0.2, 0.25) is 0 Å². The van der Waals surface area contributed by atoms with Crippen molar-refractivity contribution >= 4 is 27.3 Å². The molecule has 1 unspecified atom stereocenters. The van der Waals surface area contributed by atoms with Gasteiger partial charge in [-0.15, -0.1) is 11.3 Å². The van der Waals surface area contributed by atoms with Gasteiger partial charge in [0.1, 0.15) is 11.5 Å². The lowest BCUT2D eigenvalue weighted by Crippen LogP contribution is -2.10. The van der Waals surface area contributed by atoms with Crippen LogP contribution in [0.5, 0.6) is 11.5 Å². The van der Waals surface area contributed by atoms with Gasteiger partial charge in [-0.05, 0) is 52.2 Å². The van der Waals surface area contributed by atoms with Crippen LogP contribution < -0.4 is 15.2 Å². The molecular weight excluding hydrogens is 326 g/mol. The SMILES string of the molecule is COc1cc(OC)cc(C(N)c2cc(C)c(Br)s2)c1. The Kier molecular flexibility index (Phi) is 4.50. The molecule has 0 fully saturated rings. The first-order valence-electron chi connectivity index (χ1n) is 5.79. The van der Waals surface area contributed by atoms with Gasteiger partial charge in [-0.25, -0.2) is 0 Å². The standard InChI is InChI=1S/C14H16BrNO2S/c1-8-4-12(19-14(8)15)13(16)9-5-10(17-2)7-11(6-9)18-3/h4-7,13H,16H2,1-3H3. The summed E-state index contributed by atoms with van der Waals surface area (Å²) in [5.41, 5.74) is 8.50. The highest BCUT2D eigenvalue weighted by atomic mass is 79.9. The van der Waals surface area contributed by atoms with Gasteiger partial charge in [0.25, 0.3) is 0 Å². The second-order valence-electron chi connectivity index (χ2n) is 4.23. The summed E-state index contributed by atoms with van der Waals surface area (Å²) in [7, 11) is 3.27. The fourth-order valence-electron chi connectivity index (χ4n) is 1.81. The van der Waals surface area contributed by atoms with Crippen LogP contribution in [0.15, 0.2) is 28.1 Å². The Bertz CT molecular complexity index is 541. The molecular formula is C14H16BrNO2S. The quantitative estimate of drug-likeness (QED) is 0.917. The van der Waals surface area contributed by atoms with E-state index in [9.17, 15) is 0 Å². The summed E-state index contributed by atoms with van der Waals surface area (Å²) in [5, 5.41) is 0. The lowest BCUT2D eigenvalue weighted by Gasteiger charge is -2.13. The van der Waals surface area contributed by atoms with Crippen LogP contribution in [0.1, 0.15) is 22.0 Å². The van der Waals surface area contributed by atoms with Gasteiger partial charge in [0, 0.05) is 10.9 Å². The molecule has 0 amide bonds. The molecule has 19 heavy (non-hydrogen) atoms. The third-order valence-corrected chi connectivity index (χ3v) is 5.14. The van der Waals surface area contributed by atoms with E-state index in [0.717, 1.165) is 25.7 Å². The van der Waals surface area contributed by atoms with Gasteiger partial charge in [-0.1, -0.05) is 0 Å². The first kappa shape index (κ1) is 14.4. The van der Waals surface area contributed by atoms with Gasteiger partial charge >= 0.3 is 0 Å². The highest BCUT2D eigenvalue weighted by Crippen LogP contribution is 2.35. The Labute approximate surface area is 125 Å². The number of nitrogens with two attached hydrogens (primary N) is 1. The molecule has 0 radical (unpaired) electrons. The predicted molar refractivity (Wildman–Crippen MR) is 82.3 cm³/mol. The molecule has 0 saturated heterocycles. The monoisotopic (exact) mass is 341 g/mol. The topological polar surface area (TPSA) is 44.5 Å². The van der Waals surface area contributed by atoms with Crippen molar-refractivity contribution in [2.75, 3.05) is 14.2 Å². The molecule has 1 aromatic carbocycles. The molecule has 2 N–H and O–H groups in total. The van der Waals surface area contributed by atoms with Gasteiger partial charge in [0.15, 0.2) is 0 Å². The lowest BCUT2D eigenvalue weighted by atomic mass is 10.0. The summed E-state index contributed by atoms with van der Waals surface area (Å²) in [4.78, 5) is 1.11. The third kappa shape index (κ3) is 3.11. The van der Waals surface area contributed by atoms with E-state index in [-0.39, 0.29) is 6.04 Å². The number of methoxy groups -OCH3 is 2. The maximum absolute atomic E-state index is 6.32. The van der Waals surface area contributed by atoms with E-state index < -0.39 is 0 Å². The van der Waals surface area contributed by atoms with Crippen molar-refractivity contribution in [1.82, 2.24) is 0 Å². The number of rotatable bonds is 4. The average Bonchev–Trinajstić information content (AvgIpc) is 2.77. The van der Waals surface area contributed by atoms with E-state index in [1.165, 1.54) is 5.56 Å². The molecule has 1 atom stereocenters. The predicted octanol–water partition coefficient (Wildman–Crippen LogP) is 3.88. The van der Waals surface area contributed by atoms with Crippen LogP contribution in [0, 0.1) is 6.92 Å². The molecule has 102 valence electrons. The minimum absolute atomic E-state index is 0.181. The molecule has 1 aromatic heterocycles. The Morgan fingerprint density at radius 3 is 2.11 bits per heavy atom. The average molecular weight is 342 g/mol. The van der Waals surface area contributed by atoms with E-state index >= 15 is 0 Å². The lowest BCUT2D eigenvalue weighted by molar-refractivity contribution is 0.393. The Hall–Kier alpha value is -1.04. The second-order valence-corrected chi connectivity index (χ2v) is 6.63. The fourth-order valence-corrected chi connectivity index (χ4v) is 3.41. The summed E-state index contributed by atoms with van der Waals surface area (Å²) in [6.07, 6.45) is 0. The number of halogens is 1. The molecule has 2 rings (SSSR count). The van der Waals surface area contributed by atoms with Crippen LogP contribution in [0.4, 0.5) is 0 Å². The fraction of sp³-hybridized carbons (Fsp3) is 0.286. The van der Waals surface area contributed by atoms with Crippen LogP contribution in [0.25, 0.3) is 0 Å². The summed E-state index contributed by atoms with van der Waals surface area (Å²) in [6.45, 7) is 2.06. The van der Waals surface area contributed by atoms with E-state index in [2.05, 4.69) is 28.9 Å². The minimum atomic E-state index is -0.181. The van der Waals surface area contributed by atoms with Crippen molar-refractivity contribution in [2.24, 2.45) is 5.73 Å². The van der Waals surface area contributed by atoms with Crippen LogP contribution >= 0.6 is 27.3 Å². The van der Waals surface area contributed by atoms with Crippen LogP contribution in [-0.2, 0) is 0 Å². The number of thiophene rings is 1. The zero-order valence-electron chi connectivity index (χ0n) is 11.1. The van der Waals surface area contributed by atoms with Crippen molar-refractivity contribution < 1.29 is 9.47 Å². The molecule has 0 aliphatic rings. The molecule has 0 saturated carbocycles. The number of ether oxygens (including phenoxy) is 2. The van der Waals surface area contributed by atoms with Crippen molar-refractivity contribution in [2.45, 2.75) is 13.0 Å². The van der Waals surface area contributed by atoms with E-state index in [1.54, 1.807) is 25.6 Å². The van der Waals surface area contributed by atoms with Gasteiger partial charge in [-0.2, -0.15) is 0 Å². The zero-order chi connectivity index (χ0) is 14.0. The largest absolute Gasteiger partial charge is 0.497 e. The molecule has 2 aromatic rings. The molecule has 1 heterocycles. The highest BCUT2D eigenvalue weighted by Gasteiger charge is 2.15. The smallest absolute Gasteiger partial charge is 0.122 e. The Morgan fingerprint density at radius 1 is 1.11 bits per heavy atom. The number of aryl methyl sites for hydroxylation is 1. The molecule has 0 aliphatic heterocycles. The van der Waals surface area contributed by atoms with Crippen molar-refractivity contribution in [1.29, 1.82) is 0 Å². The van der Waals surface area contributed by atoms with Crippen LogP contribution in [0.3, 0.4) is 0 Å². The summed E-state index contributed by atoms with van der Waals surface area (Å²) < 4.78 is 11.7. The summed E-state index contributed by atoms with van der Waals surface area (Å²) >= 11 is 5.18. The van der Waals surface area contributed by atoms with E-state index in [4.69, 9.17) is 15.2 Å². The van der Waals surface area contributed by atoms with Gasteiger partial charge < -0.3 is 15.2 Å².